The van der Waals surface area contributed by atoms with Crippen molar-refractivity contribution < 1.29 is 24.5 Å². The number of nitrogens with zero attached hydrogens (tertiary/aromatic N) is 1. The zero-order valence-corrected chi connectivity index (χ0v) is 27.0. The van der Waals surface area contributed by atoms with Gasteiger partial charge in [0.15, 0.2) is 17.5 Å². The normalized spacial score (nSPS) is 12.2. The minimum Gasteiger partial charge on any atom is -0.508 e. The van der Waals surface area contributed by atoms with Gasteiger partial charge in [0, 0.05) is 25.6 Å². The Hall–Kier alpha value is -4.56. The van der Waals surface area contributed by atoms with Crippen molar-refractivity contribution in [3.05, 3.63) is 95.6 Å². The summed E-state index contributed by atoms with van der Waals surface area (Å²) < 4.78 is 11.6. The van der Waals surface area contributed by atoms with Gasteiger partial charge in [0.05, 0.1) is 13.2 Å². The summed E-state index contributed by atoms with van der Waals surface area (Å²) in [6, 6.07) is 25.2. The van der Waals surface area contributed by atoms with Crippen LogP contribution in [0.2, 0.25) is 0 Å². The molecule has 0 saturated heterocycles. The first-order valence-electron chi connectivity index (χ1n) is 16.1. The lowest BCUT2D eigenvalue weighted by Crippen LogP contribution is -2.21. The highest BCUT2D eigenvalue weighted by Crippen LogP contribution is 2.30. The highest BCUT2D eigenvalue weighted by Gasteiger charge is 2.13. The van der Waals surface area contributed by atoms with Gasteiger partial charge in [-0.1, -0.05) is 62.1 Å². The van der Waals surface area contributed by atoms with Gasteiger partial charge in [0.1, 0.15) is 18.1 Å². The molecule has 0 heterocycles. The topological polar surface area (TPSA) is 126 Å². The second-order valence-corrected chi connectivity index (χ2v) is 11.8. The first-order valence-corrected chi connectivity index (χ1v) is 16.1. The van der Waals surface area contributed by atoms with Crippen LogP contribution in [-0.4, -0.2) is 42.2 Å². The van der Waals surface area contributed by atoms with Crippen LogP contribution in [0.1, 0.15) is 68.1 Å². The van der Waals surface area contributed by atoms with Gasteiger partial charge >= 0.3 is 0 Å². The average molecular weight is 626 g/mol. The molecule has 1 atom stereocenters. The van der Waals surface area contributed by atoms with E-state index in [1.807, 2.05) is 54.6 Å². The van der Waals surface area contributed by atoms with Crippen LogP contribution in [0.5, 0.6) is 17.2 Å². The van der Waals surface area contributed by atoms with E-state index < -0.39 is 6.10 Å². The number of carbonyl (C=O) groups excluding carboxylic acids is 1. The molecule has 0 saturated carbocycles. The van der Waals surface area contributed by atoms with Gasteiger partial charge in [-0.3, -0.25) is 9.79 Å². The van der Waals surface area contributed by atoms with Crippen LogP contribution in [0, 0.1) is 0 Å². The Morgan fingerprint density at radius 1 is 0.848 bits per heavy atom. The molecule has 0 aliphatic carbocycles. The second kappa shape index (κ2) is 17.8. The molecule has 0 aromatic heterocycles. The number of benzene rings is 4. The van der Waals surface area contributed by atoms with Gasteiger partial charge < -0.3 is 30.7 Å². The molecule has 4 aromatic rings. The van der Waals surface area contributed by atoms with Crippen LogP contribution >= 0.6 is 0 Å². The molecule has 46 heavy (non-hydrogen) atoms. The Balaban J connectivity index is 1.12. The Morgan fingerprint density at radius 3 is 2.41 bits per heavy atom. The minimum atomic E-state index is -0.595. The van der Waals surface area contributed by atoms with Gasteiger partial charge in [0.25, 0.3) is 0 Å². The molecule has 0 amide bonds. The summed E-state index contributed by atoms with van der Waals surface area (Å²) in [5.74, 6) is 1.96. The fourth-order valence-corrected chi connectivity index (χ4v) is 5.52. The number of aliphatic hydroxyl groups is 1. The number of anilines is 1. The summed E-state index contributed by atoms with van der Waals surface area (Å²) in [6.45, 7) is 0.360. The number of ketones is 1. The molecule has 0 radical (unpaired) electrons. The third-order valence-corrected chi connectivity index (χ3v) is 8.11. The molecular weight excluding hydrogens is 578 g/mol. The van der Waals surface area contributed by atoms with Crippen LogP contribution in [0.4, 0.5) is 5.69 Å². The maximum Gasteiger partial charge on any atom is 0.192 e. The van der Waals surface area contributed by atoms with Crippen LogP contribution in [0.3, 0.4) is 0 Å². The van der Waals surface area contributed by atoms with E-state index in [0.29, 0.717) is 43.3 Å². The summed E-state index contributed by atoms with van der Waals surface area (Å²) in [4.78, 5) is 16.6. The number of nitrogens with one attached hydrogen (secondary N) is 1. The zero-order chi connectivity index (χ0) is 32.7. The molecule has 5 N–H and O–H groups in total. The average Bonchev–Trinajstić information content (AvgIpc) is 3.06. The summed E-state index contributed by atoms with van der Waals surface area (Å²) >= 11 is 0. The van der Waals surface area contributed by atoms with Gasteiger partial charge in [-0.2, -0.15) is 0 Å². The van der Waals surface area contributed by atoms with Crippen molar-refractivity contribution in [2.24, 2.45) is 10.7 Å². The van der Waals surface area contributed by atoms with Gasteiger partial charge in [-0.05, 0) is 95.6 Å². The predicted octanol–water partition coefficient (Wildman–Crippen LogP) is 7.33. The Kier molecular flexibility index (Phi) is 13.3. The third kappa shape index (κ3) is 11.1. The van der Waals surface area contributed by atoms with Crippen LogP contribution in [0.25, 0.3) is 10.8 Å². The molecule has 8 nitrogen and oxygen atoms in total. The van der Waals surface area contributed by atoms with E-state index in [0.717, 1.165) is 66.1 Å². The molecule has 0 fully saturated rings. The van der Waals surface area contributed by atoms with Gasteiger partial charge in [-0.15, -0.1) is 0 Å². The summed E-state index contributed by atoms with van der Waals surface area (Å²) in [7, 11) is 3.26. The first kappa shape index (κ1) is 34.3. The molecule has 0 aliphatic heterocycles. The Bertz CT molecular complexity index is 1600. The number of guanidine groups is 1. The molecule has 0 spiro atoms. The number of aliphatic hydroxyl groups excluding tert-OH is 1. The number of rotatable bonds is 18. The van der Waals surface area contributed by atoms with Crippen molar-refractivity contribution in [2.45, 2.75) is 76.9 Å². The van der Waals surface area contributed by atoms with Crippen LogP contribution in [0.15, 0.2) is 83.9 Å². The number of ether oxygens (including phenoxy) is 2. The zero-order valence-electron chi connectivity index (χ0n) is 27.0. The number of nitrogens with two attached hydrogens (primary N) is 1. The molecule has 1 unspecified atom stereocenters. The Morgan fingerprint density at radius 2 is 1.59 bits per heavy atom. The summed E-state index contributed by atoms with van der Waals surface area (Å²) in [5.41, 5.74) is 9.95. The number of unbranched alkanes of at least 4 members (excludes halogenated alkanes) is 4. The number of Topliss-reactive ketones (excluding diaryl/α,β-unsaturated/α-hetero) is 1. The SMILES string of the molecule is CN=C(N)Nc1cccc(CCCCCCCC(O)CC(=O)CCc2ccc(OC)c(OCc3ccc4cc(O)ccc4c3)c2)c1. The number of carbonyl (C=O) groups is 1. The number of fused-ring (bicyclic) bond motifs is 1. The Labute approximate surface area is 272 Å². The van der Waals surface area contributed by atoms with E-state index in [2.05, 4.69) is 22.4 Å². The fraction of sp³-hybridized carbons (Fsp3) is 0.368. The predicted molar refractivity (Wildman–Crippen MR) is 186 cm³/mol. The number of aliphatic imine (C=N–C) groups is 1. The second-order valence-electron chi connectivity index (χ2n) is 11.8. The maximum absolute atomic E-state index is 12.6. The lowest BCUT2D eigenvalue weighted by Gasteiger charge is -2.13. The molecule has 244 valence electrons. The fourth-order valence-electron chi connectivity index (χ4n) is 5.52. The number of hydrogen-bond donors (Lipinski definition) is 4. The van der Waals surface area contributed by atoms with Crippen molar-refractivity contribution in [3.63, 3.8) is 0 Å². The number of methoxy groups -OCH3 is 1. The maximum atomic E-state index is 12.6. The van der Waals surface area contributed by atoms with Crippen molar-refractivity contribution in [3.8, 4) is 17.2 Å². The minimum absolute atomic E-state index is 0.0664. The number of aromatic hydroxyl groups is 1. The van der Waals surface area contributed by atoms with Crippen molar-refractivity contribution >= 4 is 28.2 Å². The largest absolute Gasteiger partial charge is 0.508 e. The van der Waals surface area contributed by atoms with E-state index in [4.69, 9.17) is 15.2 Å². The van der Waals surface area contributed by atoms with Crippen molar-refractivity contribution in [1.29, 1.82) is 0 Å². The van der Waals surface area contributed by atoms with Gasteiger partial charge in [0.2, 0.25) is 0 Å². The van der Waals surface area contributed by atoms with Crippen molar-refractivity contribution in [2.75, 3.05) is 19.5 Å². The van der Waals surface area contributed by atoms with Crippen LogP contribution < -0.4 is 20.5 Å². The third-order valence-electron chi connectivity index (χ3n) is 8.11. The smallest absolute Gasteiger partial charge is 0.192 e. The number of aryl methyl sites for hydroxylation is 2. The molecule has 4 aromatic carbocycles. The van der Waals surface area contributed by atoms with Gasteiger partial charge in [-0.25, -0.2) is 0 Å². The van der Waals surface area contributed by atoms with Crippen molar-refractivity contribution in [1.82, 2.24) is 0 Å². The van der Waals surface area contributed by atoms with E-state index >= 15 is 0 Å². The highest BCUT2D eigenvalue weighted by atomic mass is 16.5. The molecule has 4 rings (SSSR count). The lowest BCUT2D eigenvalue weighted by molar-refractivity contribution is -0.121. The molecule has 8 heteroatoms. The molecule has 0 aliphatic rings. The quantitative estimate of drug-likeness (QED) is 0.0518. The standard InChI is InChI=1S/C38H47N3O5/c1-40-38(39)41-32-11-8-10-27(22-32)9-6-4-3-5-7-12-33(42)25-35(44)18-14-28-15-20-36(45-2)37(23-28)46-26-29-13-16-31-24-34(43)19-17-30(31)21-29/h8,10-11,13,15-17,19-24,33,42-43H,3-7,9,12,14,18,25-26H2,1-2H3,(H3,39,40,41). The monoisotopic (exact) mass is 625 g/mol. The summed E-state index contributed by atoms with van der Waals surface area (Å²) in [5, 5.41) is 25.2. The van der Waals surface area contributed by atoms with E-state index in [9.17, 15) is 15.0 Å². The van der Waals surface area contributed by atoms with E-state index in [1.165, 1.54) is 5.56 Å². The molecule has 0 bridgehead atoms. The summed E-state index contributed by atoms with van der Waals surface area (Å²) in [6.07, 6.45) is 7.52. The molecular formula is C38H47N3O5. The van der Waals surface area contributed by atoms with E-state index in [1.54, 1.807) is 26.3 Å². The van der Waals surface area contributed by atoms with Crippen LogP contribution in [-0.2, 0) is 24.2 Å². The van der Waals surface area contributed by atoms with E-state index in [-0.39, 0.29) is 18.0 Å². The first-order chi connectivity index (χ1) is 22.3. The highest BCUT2D eigenvalue weighted by molar-refractivity contribution is 5.92. The number of phenolic OH excluding ortho intramolecular Hbond substituents is 1. The number of phenols is 1. The number of hydrogen-bond acceptors (Lipinski definition) is 6. The lowest BCUT2D eigenvalue weighted by atomic mass is 10.00.